The number of anilines is 1. The van der Waals surface area contributed by atoms with Crippen molar-refractivity contribution in [3.8, 4) is 0 Å². The molecule has 1 aromatic heterocycles. The first-order valence-electron chi connectivity index (χ1n) is 5.01. The first-order chi connectivity index (χ1) is 6.79. The first-order valence-corrected chi connectivity index (χ1v) is 5.78. The standard InChI is InChI=1S/C9H15N3OS/c1-3-13-6(2)8-11-9(14-12-8)10-7-4-5-7/h6-7H,3-5H2,1-2H3,(H,10,11,12). The van der Waals surface area contributed by atoms with Gasteiger partial charge in [-0.1, -0.05) is 0 Å². The van der Waals surface area contributed by atoms with Crippen LogP contribution in [-0.4, -0.2) is 22.0 Å². The Kier molecular flexibility index (Phi) is 2.98. The Hall–Kier alpha value is -0.680. The molecule has 1 heterocycles. The van der Waals surface area contributed by atoms with Crippen LogP contribution >= 0.6 is 11.5 Å². The van der Waals surface area contributed by atoms with Crippen LogP contribution in [0.3, 0.4) is 0 Å². The van der Waals surface area contributed by atoms with Crippen LogP contribution in [0.1, 0.15) is 38.6 Å². The van der Waals surface area contributed by atoms with E-state index in [4.69, 9.17) is 4.74 Å². The summed E-state index contributed by atoms with van der Waals surface area (Å²) < 4.78 is 9.67. The molecule has 1 fully saturated rings. The highest BCUT2D eigenvalue weighted by Gasteiger charge is 2.22. The number of rotatable bonds is 5. The van der Waals surface area contributed by atoms with Gasteiger partial charge in [0, 0.05) is 24.2 Å². The van der Waals surface area contributed by atoms with Gasteiger partial charge in [-0.2, -0.15) is 4.37 Å². The van der Waals surface area contributed by atoms with Crippen LogP contribution in [-0.2, 0) is 4.74 Å². The lowest BCUT2D eigenvalue weighted by Crippen LogP contribution is -2.03. The van der Waals surface area contributed by atoms with Gasteiger partial charge < -0.3 is 10.1 Å². The van der Waals surface area contributed by atoms with E-state index in [1.165, 1.54) is 24.4 Å². The van der Waals surface area contributed by atoms with E-state index in [9.17, 15) is 0 Å². The number of hydrogen-bond acceptors (Lipinski definition) is 5. The second-order valence-electron chi connectivity index (χ2n) is 3.47. The summed E-state index contributed by atoms with van der Waals surface area (Å²) >= 11 is 1.42. The predicted octanol–water partition coefficient (Wildman–Crippen LogP) is 2.21. The Morgan fingerprint density at radius 1 is 1.64 bits per heavy atom. The van der Waals surface area contributed by atoms with Gasteiger partial charge in [0.2, 0.25) is 5.13 Å². The van der Waals surface area contributed by atoms with Crippen molar-refractivity contribution < 1.29 is 4.74 Å². The van der Waals surface area contributed by atoms with Crippen LogP contribution in [0.4, 0.5) is 5.13 Å². The van der Waals surface area contributed by atoms with Crippen LogP contribution < -0.4 is 5.32 Å². The molecule has 1 aliphatic carbocycles. The molecule has 1 atom stereocenters. The van der Waals surface area contributed by atoms with Gasteiger partial charge in [-0.15, -0.1) is 0 Å². The molecular weight excluding hydrogens is 198 g/mol. The fourth-order valence-electron chi connectivity index (χ4n) is 1.19. The molecule has 14 heavy (non-hydrogen) atoms. The first kappa shape index (κ1) is 9.86. The Morgan fingerprint density at radius 2 is 2.43 bits per heavy atom. The summed E-state index contributed by atoms with van der Waals surface area (Å²) in [5.74, 6) is 0.792. The molecule has 1 aromatic rings. The Balaban J connectivity index is 1.93. The minimum absolute atomic E-state index is 0.00556. The van der Waals surface area contributed by atoms with E-state index in [2.05, 4.69) is 14.7 Å². The minimum atomic E-state index is 0.00556. The Labute approximate surface area is 87.9 Å². The number of nitrogens with zero attached hydrogens (tertiary/aromatic N) is 2. The van der Waals surface area contributed by atoms with Gasteiger partial charge in [0.25, 0.3) is 0 Å². The number of hydrogen-bond donors (Lipinski definition) is 1. The highest BCUT2D eigenvalue weighted by Crippen LogP contribution is 2.26. The molecule has 0 saturated heterocycles. The van der Waals surface area contributed by atoms with Crippen LogP contribution in [0, 0.1) is 0 Å². The van der Waals surface area contributed by atoms with Crippen molar-refractivity contribution in [2.45, 2.75) is 38.8 Å². The summed E-state index contributed by atoms with van der Waals surface area (Å²) in [5, 5.41) is 4.25. The monoisotopic (exact) mass is 213 g/mol. The molecule has 2 rings (SSSR count). The summed E-state index contributed by atoms with van der Waals surface area (Å²) in [6.45, 7) is 4.66. The van der Waals surface area contributed by atoms with Crippen molar-refractivity contribution in [2.24, 2.45) is 0 Å². The predicted molar refractivity (Wildman–Crippen MR) is 56.6 cm³/mol. The summed E-state index contributed by atoms with van der Waals surface area (Å²) in [6, 6.07) is 0.637. The molecule has 5 heteroatoms. The van der Waals surface area contributed by atoms with E-state index >= 15 is 0 Å². The third-order valence-electron chi connectivity index (χ3n) is 2.13. The van der Waals surface area contributed by atoms with Crippen molar-refractivity contribution in [3.63, 3.8) is 0 Å². The van der Waals surface area contributed by atoms with E-state index in [0.29, 0.717) is 12.6 Å². The zero-order valence-electron chi connectivity index (χ0n) is 8.49. The van der Waals surface area contributed by atoms with Crippen molar-refractivity contribution in [2.75, 3.05) is 11.9 Å². The number of ether oxygens (including phenoxy) is 1. The van der Waals surface area contributed by atoms with Gasteiger partial charge in [-0.3, -0.25) is 0 Å². The van der Waals surface area contributed by atoms with Gasteiger partial charge in [-0.25, -0.2) is 4.98 Å². The summed E-state index contributed by atoms with van der Waals surface area (Å²) in [4.78, 5) is 4.38. The lowest BCUT2D eigenvalue weighted by Gasteiger charge is -2.05. The summed E-state index contributed by atoms with van der Waals surface area (Å²) in [7, 11) is 0. The zero-order chi connectivity index (χ0) is 9.97. The van der Waals surface area contributed by atoms with Crippen LogP contribution in [0.15, 0.2) is 0 Å². The molecule has 1 N–H and O–H groups in total. The quantitative estimate of drug-likeness (QED) is 0.814. The minimum Gasteiger partial charge on any atom is -0.371 e. The lowest BCUT2D eigenvalue weighted by molar-refractivity contribution is 0.0710. The van der Waals surface area contributed by atoms with Gasteiger partial charge in [0.15, 0.2) is 5.82 Å². The average Bonchev–Trinajstić information content (AvgIpc) is 2.82. The van der Waals surface area contributed by atoms with Crippen molar-refractivity contribution in [3.05, 3.63) is 5.82 Å². The van der Waals surface area contributed by atoms with Gasteiger partial charge in [0.05, 0.1) is 0 Å². The van der Waals surface area contributed by atoms with Crippen molar-refractivity contribution in [1.29, 1.82) is 0 Å². The second-order valence-corrected chi connectivity index (χ2v) is 4.23. The third kappa shape index (κ3) is 2.42. The van der Waals surface area contributed by atoms with Crippen LogP contribution in [0.2, 0.25) is 0 Å². The highest BCUT2D eigenvalue weighted by atomic mass is 32.1. The maximum atomic E-state index is 5.42. The fraction of sp³-hybridized carbons (Fsp3) is 0.778. The largest absolute Gasteiger partial charge is 0.371 e. The molecule has 0 bridgehead atoms. The molecule has 1 unspecified atom stereocenters. The molecule has 1 aliphatic rings. The van der Waals surface area contributed by atoms with E-state index < -0.39 is 0 Å². The maximum absolute atomic E-state index is 5.42. The highest BCUT2D eigenvalue weighted by molar-refractivity contribution is 7.09. The third-order valence-corrected chi connectivity index (χ3v) is 2.79. The fourth-order valence-corrected chi connectivity index (χ4v) is 1.91. The smallest absolute Gasteiger partial charge is 0.202 e. The maximum Gasteiger partial charge on any atom is 0.202 e. The molecular formula is C9H15N3OS. The average molecular weight is 213 g/mol. The Morgan fingerprint density at radius 3 is 3.07 bits per heavy atom. The Bertz CT molecular complexity index is 298. The van der Waals surface area contributed by atoms with Gasteiger partial charge in [-0.05, 0) is 26.7 Å². The molecule has 0 spiro atoms. The molecule has 0 aromatic carbocycles. The number of aromatic nitrogens is 2. The lowest BCUT2D eigenvalue weighted by atomic mass is 10.4. The summed E-state index contributed by atoms with van der Waals surface area (Å²) in [6.07, 6.45) is 2.53. The zero-order valence-corrected chi connectivity index (χ0v) is 9.30. The topological polar surface area (TPSA) is 47.0 Å². The number of nitrogens with one attached hydrogen (secondary N) is 1. The molecule has 0 aliphatic heterocycles. The van der Waals surface area contributed by atoms with E-state index in [1.807, 2.05) is 13.8 Å². The summed E-state index contributed by atoms with van der Waals surface area (Å²) in [5.41, 5.74) is 0. The SMILES string of the molecule is CCOC(C)c1nsc(NC2CC2)n1. The van der Waals surface area contributed by atoms with Crippen LogP contribution in [0.25, 0.3) is 0 Å². The normalized spacial score (nSPS) is 18.1. The molecule has 4 nitrogen and oxygen atoms in total. The van der Waals surface area contributed by atoms with E-state index in [1.54, 1.807) is 0 Å². The van der Waals surface area contributed by atoms with Crippen LogP contribution in [0.5, 0.6) is 0 Å². The van der Waals surface area contributed by atoms with E-state index in [-0.39, 0.29) is 6.10 Å². The van der Waals surface area contributed by atoms with E-state index in [0.717, 1.165) is 11.0 Å². The molecule has 78 valence electrons. The molecule has 1 saturated carbocycles. The van der Waals surface area contributed by atoms with Crippen molar-refractivity contribution >= 4 is 16.7 Å². The van der Waals surface area contributed by atoms with Crippen molar-refractivity contribution in [1.82, 2.24) is 9.36 Å². The molecule has 0 radical (unpaired) electrons. The van der Waals surface area contributed by atoms with Gasteiger partial charge in [0.1, 0.15) is 6.10 Å². The second kappa shape index (κ2) is 4.23. The molecule has 0 amide bonds. The van der Waals surface area contributed by atoms with Gasteiger partial charge >= 0.3 is 0 Å².